The molecule has 0 bridgehead atoms. The predicted molar refractivity (Wildman–Crippen MR) is 65.6 cm³/mol. The molecule has 0 spiro atoms. The van der Waals surface area contributed by atoms with E-state index in [4.69, 9.17) is 11.6 Å². The Morgan fingerprint density at radius 3 is 2.50 bits per heavy atom. The molecule has 0 saturated heterocycles. The van der Waals surface area contributed by atoms with E-state index >= 15 is 0 Å². The standard InChI is InChI=1S/C12H14ClN3/c1-14-11(12-15-7-8-16(12)2)9-3-5-10(13)6-4-9/h3-8,11,14H,1-2H3. The van der Waals surface area contributed by atoms with Crippen LogP contribution in [-0.2, 0) is 7.05 Å². The molecule has 2 rings (SSSR count). The Morgan fingerprint density at radius 2 is 2.00 bits per heavy atom. The summed E-state index contributed by atoms with van der Waals surface area (Å²) >= 11 is 5.87. The maximum absolute atomic E-state index is 5.87. The third-order valence-electron chi connectivity index (χ3n) is 2.61. The monoisotopic (exact) mass is 235 g/mol. The van der Waals surface area contributed by atoms with Crippen LogP contribution in [0.1, 0.15) is 17.4 Å². The Labute approximate surface area is 100 Å². The van der Waals surface area contributed by atoms with Gasteiger partial charge in [-0.25, -0.2) is 4.98 Å². The van der Waals surface area contributed by atoms with Crippen LogP contribution in [0.5, 0.6) is 0 Å². The first-order valence-electron chi connectivity index (χ1n) is 5.12. The SMILES string of the molecule is CNC(c1ccc(Cl)cc1)c1nccn1C. The molecule has 1 aromatic carbocycles. The van der Waals surface area contributed by atoms with Gasteiger partial charge in [0.05, 0.1) is 6.04 Å². The second-order valence-corrected chi connectivity index (χ2v) is 4.11. The van der Waals surface area contributed by atoms with Crippen LogP contribution in [0.2, 0.25) is 5.02 Å². The smallest absolute Gasteiger partial charge is 0.130 e. The fourth-order valence-corrected chi connectivity index (χ4v) is 1.88. The molecule has 16 heavy (non-hydrogen) atoms. The fraction of sp³-hybridized carbons (Fsp3) is 0.250. The minimum absolute atomic E-state index is 0.0947. The van der Waals surface area contributed by atoms with Gasteiger partial charge < -0.3 is 9.88 Å². The summed E-state index contributed by atoms with van der Waals surface area (Å²) in [5, 5.41) is 4.00. The van der Waals surface area contributed by atoms with Gasteiger partial charge in [0.25, 0.3) is 0 Å². The second-order valence-electron chi connectivity index (χ2n) is 3.67. The van der Waals surface area contributed by atoms with Crippen molar-refractivity contribution in [3.63, 3.8) is 0 Å². The lowest BCUT2D eigenvalue weighted by Gasteiger charge is -2.16. The summed E-state index contributed by atoms with van der Waals surface area (Å²) in [5.74, 6) is 0.991. The van der Waals surface area contributed by atoms with E-state index in [2.05, 4.69) is 10.3 Å². The maximum atomic E-state index is 5.87. The lowest BCUT2D eigenvalue weighted by molar-refractivity contribution is 0.617. The van der Waals surface area contributed by atoms with Crippen LogP contribution in [-0.4, -0.2) is 16.6 Å². The molecule has 1 N–H and O–H groups in total. The number of hydrogen-bond donors (Lipinski definition) is 1. The number of imidazole rings is 1. The Balaban J connectivity index is 2.37. The lowest BCUT2D eigenvalue weighted by atomic mass is 10.1. The molecule has 1 aromatic heterocycles. The van der Waals surface area contributed by atoms with Crippen molar-refractivity contribution in [2.45, 2.75) is 6.04 Å². The van der Waals surface area contributed by atoms with E-state index in [-0.39, 0.29) is 6.04 Å². The Bertz CT molecular complexity index is 461. The molecule has 1 heterocycles. The average molecular weight is 236 g/mol. The molecule has 2 aromatic rings. The number of hydrogen-bond acceptors (Lipinski definition) is 2. The number of nitrogens with one attached hydrogen (secondary N) is 1. The van der Waals surface area contributed by atoms with Gasteiger partial charge in [-0.1, -0.05) is 23.7 Å². The molecule has 0 aliphatic heterocycles. The van der Waals surface area contributed by atoms with Crippen LogP contribution in [0, 0.1) is 0 Å². The van der Waals surface area contributed by atoms with Crippen LogP contribution >= 0.6 is 11.6 Å². The van der Waals surface area contributed by atoms with Gasteiger partial charge in [0.1, 0.15) is 5.82 Å². The molecule has 4 heteroatoms. The summed E-state index contributed by atoms with van der Waals surface area (Å²) in [5.41, 5.74) is 1.15. The number of benzene rings is 1. The summed E-state index contributed by atoms with van der Waals surface area (Å²) in [7, 11) is 3.91. The highest BCUT2D eigenvalue weighted by Crippen LogP contribution is 2.21. The molecule has 0 aliphatic carbocycles. The van der Waals surface area contributed by atoms with Gasteiger partial charge in [0.2, 0.25) is 0 Å². The minimum atomic E-state index is 0.0947. The average Bonchev–Trinajstić information content (AvgIpc) is 2.69. The van der Waals surface area contributed by atoms with Crippen molar-refractivity contribution in [3.05, 3.63) is 53.1 Å². The normalized spacial score (nSPS) is 12.7. The number of rotatable bonds is 3. The van der Waals surface area contributed by atoms with Gasteiger partial charge in [-0.15, -0.1) is 0 Å². The molecule has 0 aliphatic rings. The van der Waals surface area contributed by atoms with E-state index in [0.29, 0.717) is 0 Å². The Kier molecular flexibility index (Phi) is 3.27. The molecule has 1 unspecified atom stereocenters. The number of aromatic nitrogens is 2. The topological polar surface area (TPSA) is 29.9 Å². The van der Waals surface area contributed by atoms with Crippen molar-refractivity contribution < 1.29 is 0 Å². The minimum Gasteiger partial charge on any atom is -0.336 e. The zero-order chi connectivity index (χ0) is 11.5. The second kappa shape index (κ2) is 4.68. The molecule has 0 fully saturated rings. The third kappa shape index (κ3) is 2.10. The Morgan fingerprint density at radius 1 is 1.31 bits per heavy atom. The molecular weight excluding hydrogens is 222 g/mol. The van der Waals surface area contributed by atoms with Gasteiger partial charge in [-0.2, -0.15) is 0 Å². The summed E-state index contributed by atoms with van der Waals surface area (Å²) < 4.78 is 2.01. The van der Waals surface area contributed by atoms with Crippen LogP contribution in [0.25, 0.3) is 0 Å². The lowest BCUT2D eigenvalue weighted by Crippen LogP contribution is -2.21. The summed E-state index contributed by atoms with van der Waals surface area (Å²) in [6.45, 7) is 0. The van der Waals surface area contributed by atoms with E-state index in [1.165, 1.54) is 0 Å². The first-order valence-corrected chi connectivity index (χ1v) is 5.50. The molecular formula is C12H14ClN3. The molecule has 0 amide bonds. The summed E-state index contributed by atoms with van der Waals surface area (Å²) in [6, 6.07) is 7.90. The van der Waals surface area contributed by atoms with E-state index < -0.39 is 0 Å². The van der Waals surface area contributed by atoms with Crippen molar-refractivity contribution >= 4 is 11.6 Å². The van der Waals surface area contributed by atoms with Gasteiger partial charge in [0, 0.05) is 24.5 Å². The Hall–Kier alpha value is -1.32. The van der Waals surface area contributed by atoms with Gasteiger partial charge in [-0.3, -0.25) is 0 Å². The highest BCUT2D eigenvalue weighted by molar-refractivity contribution is 6.30. The van der Waals surface area contributed by atoms with E-state index in [0.717, 1.165) is 16.4 Å². The van der Waals surface area contributed by atoms with Crippen LogP contribution in [0.15, 0.2) is 36.7 Å². The quantitative estimate of drug-likeness (QED) is 0.886. The van der Waals surface area contributed by atoms with Crippen molar-refractivity contribution in [3.8, 4) is 0 Å². The zero-order valence-corrected chi connectivity index (χ0v) is 10.1. The van der Waals surface area contributed by atoms with Crippen molar-refractivity contribution in [2.24, 2.45) is 7.05 Å². The number of halogens is 1. The molecule has 1 atom stereocenters. The van der Waals surface area contributed by atoms with E-state index in [1.807, 2.05) is 49.1 Å². The summed E-state index contributed by atoms with van der Waals surface area (Å²) in [6.07, 6.45) is 3.74. The third-order valence-corrected chi connectivity index (χ3v) is 2.86. The van der Waals surface area contributed by atoms with E-state index in [9.17, 15) is 0 Å². The first-order chi connectivity index (χ1) is 7.72. The van der Waals surface area contributed by atoms with Gasteiger partial charge >= 0.3 is 0 Å². The number of aryl methyl sites for hydroxylation is 1. The maximum Gasteiger partial charge on any atom is 0.130 e. The van der Waals surface area contributed by atoms with E-state index in [1.54, 1.807) is 6.20 Å². The fourth-order valence-electron chi connectivity index (χ4n) is 1.76. The first kappa shape index (κ1) is 11.2. The zero-order valence-electron chi connectivity index (χ0n) is 9.31. The molecule has 84 valence electrons. The van der Waals surface area contributed by atoms with Crippen molar-refractivity contribution in [2.75, 3.05) is 7.05 Å². The van der Waals surface area contributed by atoms with Gasteiger partial charge in [-0.05, 0) is 24.7 Å². The summed E-state index contributed by atoms with van der Waals surface area (Å²) in [4.78, 5) is 4.35. The van der Waals surface area contributed by atoms with Crippen molar-refractivity contribution in [1.82, 2.24) is 14.9 Å². The molecule has 0 saturated carbocycles. The molecule has 0 radical (unpaired) electrons. The predicted octanol–water partition coefficient (Wildman–Crippen LogP) is 2.38. The van der Waals surface area contributed by atoms with Crippen molar-refractivity contribution in [1.29, 1.82) is 0 Å². The number of nitrogens with zero attached hydrogens (tertiary/aromatic N) is 2. The van der Waals surface area contributed by atoms with Gasteiger partial charge in [0.15, 0.2) is 0 Å². The van der Waals surface area contributed by atoms with Crippen LogP contribution in [0.4, 0.5) is 0 Å². The largest absolute Gasteiger partial charge is 0.336 e. The highest BCUT2D eigenvalue weighted by Gasteiger charge is 2.15. The highest BCUT2D eigenvalue weighted by atomic mass is 35.5. The molecule has 3 nitrogen and oxygen atoms in total. The van der Waals surface area contributed by atoms with Crippen LogP contribution < -0.4 is 5.32 Å². The van der Waals surface area contributed by atoms with Crippen LogP contribution in [0.3, 0.4) is 0 Å².